The number of nitrogens with one attached hydrogen (secondary N) is 1. The van der Waals surface area contributed by atoms with Crippen LogP contribution >= 0.6 is 0 Å². The summed E-state index contributed by atoms with van der Waals surface area (Å²) in [6, 6.07) is 0.601. The Kier molecular flexibility index (Phi) is 5.40. The van der Waals surface area contributed by atoms with Crippen LogP contribution < -0.4 is 5.32 Å². The first-order chi connectivity index (χ1) is 6.36. The van der Waals surface area contributed by atoms with E-state index in [2.05, 4.69) is 19.2 Å². The molecule has 1 rings (SSSR count). The molecule has 13 heavy (non-hydrogen) atoms. The number of hydrogen-bond donors (Lipinski definition) is 1. The van der Waals surface area contributed by atoms with Crippen LogP contribution in [0.1, 0.15) is 39.5 Å². The first-order valence-electron chi connectivity index (χ1n) is 5.68. The molecule has 2 heteroatoms. The number of rotatable bonds is 8. The molecular formula is C11H23NO. The zero-order chi connectivity index (χ0) is 9.52. The van der Waals surface area contributed by atoms with Gasteiger partial charge in [-0.15, -0.1) is 0 Å². The van der Waals surface area contributed by atoms with Crippen molar-refractivity contribution in [3.8, 4) is 0 Å². The van der Waals surface area contributed by atoms with Crippen LogP contribution in [0.15, 0.2) is 0 Å². The fourth-order valence-electron chi connectivity index (χ4n) is 1.62. The molecule has 1 fully saturated rings. The van der Waals surface area contributed by atoms with Crippen LogP contribution in [0.4, 0.5) is 0 Å². The van der Waals surface area contributed by atoms with E-state index in [4.69, 9.17) is 4.74 Å². The Labute approximate surface area is 82.0 Å². The molecule has 78 valence electrons. The lowest BCUT2D eigenvalue weighted by atomic mass is 10.1. The maximum absolute atomic E-state index is 5.56. The van der Waals surface area contributed by atoms with Gasteiger partial charge in [-0.1, -0.05) is 26.7 Å². The summed E-state index contributed by atoms with van der Waals surface area (Å²) in [7, 11) is 0. The topological polar surface area (TPSA) is 21.3 Å². The molecule has 0 amide bonds. The van der Waals surface area contributed by atoms with Crippen molar-refractivity contribution in [3.63, 3.8) is 0 Å². The summed E-state index contributed by atoms with van der Waals surface area (Å²) >= 11 is 0. The number of hydrogen-bond acceptors (Lipinski definition) is 2. The van der Waals surface area contributed by atoms with E-state index in [-0.39, 0.29) is 0 Å². The van der Waals surface area contributed by atoms with Gasteiger partial charge in [-0.25, -0.2) is 0 Å². The van der Waals surface area contributed by atoms with Crippen LogP contribution in [-0.2, 0) is 4.74 Å². The number of likely N-dealkylation sites (N-methyl/N-ethyl adjacent to an activating group) is 1. The summed E-state index contributed by atoms with van der Waals surface area (Å²) in [5, 5.41) is 3.49. The van der Waals surface area contributed by atoms with Crippen LogP contribution in [0.25, 0.3) is 0 Å². The maximum Gasteiger partial charge on any atom is 0.0619 e. The van der Waals surface area contributed by atoms with Crippen LogP contribution in [0.3, 0.4) is 0 Å². The van der Waals surface area contributed by atoms with E-state index < -0.39 is 0 Å². The van der Waals surface area contributed by atoms with Gasteiger partial charge in [0.05, 0.1) is 6.61 Å². The molecule has 1 aliphatic carbocycles. The average Bonchev–Trinajstić information content (AvgIpc) is 2.89. The molecule has 0 aromatic rings. The molecule has 0 saturated heterocycles. The van der Waals surface area contributed by atoms with E-state index >= 15 is 0 Å². The lowest BCUT2D eigenvalue weighted by molar-refractivity contribution is 0.108. The van der Waals surface area contributed by atoms with Gasteiger partial charge in [-0.05, 0) is 25.3 Å². The Balaban J connectivity index is 2.04. The molecule has 0 aliphatic heterocycles. The van der Waals surface area contributed by atoms with Crippen LogP contribution in [-0.4, -0.2) is 25.8 Å². The Morgan fingerprint density at radius 1 is 1.38 bits per heavy atom. The maximum atomic E-state index is 5.56. The lowest BCUT2D eigenvalue weighted by Gasteiger charge is -2.17. The highest BCUT2D eigenvalue weighted by Crippen LogP contribution is 2.33. The van der Waals surface area contributed by atoms with Gasteiger partial charge >= 0.3 is 0 Å². The zero-order valence-electron chi connectivity index (χ0n) is 9.01. The minimum absolute atomic E-state index is 0.601. The fraction of sp³-hybridized carbons (Fsp3) is 1.00. The second-order valence-corrected chi connectivity index (χ2v) is 4.01. The van der Waals surface area contributed by atoms with E-state index in [0.717, 1.165) is 32.1 Å². The molecule has 1 unspecified atom stereocenters. The largest absolute Gasteiger partial charge is 0.380 e. The fourth-order valence-corrected chi connectivity index (χ4v) is 1.62. The molecule has 0 spiro atoms. The van der Waals surface area contributed by atoms with E-state index in [0.29, 0.717) is 6.04 Å². The van der Waals surface area contributed by atoms with Crippen molar-refractivity contribution in [1.82, 2.24) is 5.32 Å². The molecule has 1 aliphatic rings. The van der Waals surface area contributed by atoms with Gasteiger partial charge in [0.2, 0.25) is 0 Å². The van der Waals surface area contributed by atoms with E-state index in [1.807, 2.05) is 0 Å². The lowest BCUT2D eigenvalue weighted by Crippen LogP contribution is -2.33. The minimum atomic E-state index is 0.601. The summed E-state index contributed by atoms with van der Waals surface area (Å²) in [6.45, 7) is 7.19. The molecule has 0 heterocycles. The van der Waals surface area contributed by atoms with Crippen molar-refractivity contribution in [3.05, 3.63) is 0 Å². The van der Waals surface area contributed by atoms with Crippen LogP contribution in [0.5, 0.6) is 0 Å². The second kappa shape index (κ2) is 6.39. The van der Waals surface area contributed by atoms with Crippen molar-refractivity contribution < 1.29 is 4.74 Å². The summed E-state index contributed by atoms with van der Waals surface area (Å²) < 4.78 is 5.56. The molecule has 1 N–H and O–H groups in total. The Morgan fingerprint density at radius 3 is 2.69 bits per heavy atom. The Hall–Kier alpha value is -0.0800. The summed E-state index contributed by atoms with van der Waals surface area (Å²) in [4.78, 5) is 0. The smallest absolute Gasteiger partial charge is 0.0619 e. The highest BCUT2D eigenvalue weighted by atomic mass is 16.5. The van der Waals surface area contributed by atoms with Crippen molar-refractivity contribution in [2.45, 2.75) is 45.6 Å². The Bertz CT molecular complexity index is 123. The van der Waals surface area contributed by atoms with Gasteiger partial charge in [0.15, 0.2) is 0 Å². The van der Waals surface area contributed by atoms with Crippen molar-refractivity contribution in [2.75, 3.05) is 19.8 Å². The van der Waals surface area contributed by atoms with Crippen molar-refractivity contribution in [1.29, 1.82) is 0 Å². The molecule has 0 aromatic heterocycles. The average molecular weight is 185 g/mol. The molecule has 0 bridgehead atoms. The SMILES string of the molecule is CCCOCC(CC1CC1)NCC. The van der Waals surface area contributed by atoms with Gasteiger partial charge in [0.25, 0.3) is 0 Å². The van der Waals surface area contributed by atoms with E-state index in [1.54, 1.807) is 0 Å². The zero-order valence-corrected chi connectivity index (χ0v) is 9.01. The first kappa shape index (κ1) is 11.0. The third-order valence-electron chi connectivity index (χ3n) is 2.48. The van der Waals surface area contributed by atoms with Crippen LogP contribution in [0.2, 0.25) is 0 Å². The predicted molar refractivity (Wildman–Crippen MR) is 55.9 cm³/mol. The first-order valence-corrected chi connectivity index (χ1v) is 5.68. The Morgan fingerprint density at radius 2 is 2.15 bits per heavy atom. The predicted octanol–water partition coefficient (Wildman–Crippen LogP) is 2.19. The molecule has 0 radical (unpaired) electrons. The minimum Gasteiger partial charge on any atom is -0.380 e. The van der Waals surface area contributed by atoms with Gasteiger partial charge in [-0.3, -0.25) is 0 Å². The molecular weight excluding hydrogens is 162 g/mol. The number of ether oxygens (including phenoxy) is 1. The summed E-state index contributed by atoms with van der Waals surface area (Å²) in [5.74, 6) is 0.995. The standard InChI is InChI=1S/C11H23NO/c1-3-7-13-9-11(12-4-2)8-10-5-6-10/h10-12H,3-9H2,1-2H3. The van der Waals surface area contributed by atoms with E-state index in [9.17, 15) is 0 Å². The third-order valence-corrected chi connectivity index (χ3v) is 2.48. The van der Waals surface area contributed by atoms with Gasteiger partial charge < -0.3 is 10.1 Å². The van der Waals surface area contributed by atoms with Gasteiger partial charge in [-0.2, -0.15) is 0 Å². The molecule has 0 aromatic carbocycles. The summed E-state index contributed by atoms with van der Waals surface area (Å²) in [6.07, 6.45) is 5.32. The molecule has 1 saturated carbocycles. The molecule has 1 atom stereocenters. The van der Waals surface area contributed by atoms with Gasteiger partial charge in [0.1, 0.15) is 0 Å². The molecule has 2 nitrogen and oxygen atoms in total. The highest BCUT2D eigenvalue weighted by molar-refractivity contribution is 4.79. The van der Waals surface area contributed by atoms with Crippen LogP contribution in [0, 0.1) is 5.92 Å². The normalized spacial score (nSPS) is 18.9. The monoisotopic (exact) mass is 185 g/mol. The summed E-state index contributed by atoms with van der Waals surface area (Å²) in [5.41, 5.74) is 0. The second-order valence-electron chi connectivity index (χ2n) is 4.01. The van der Waals surface area contributed by atoms with Crippen molar-refractivity contribution >= 4 is 0 Å². The highest BCUT2D eigenvalue weighted by Gasteiger charge is 2.24. The van der Waals surface area contributed by atoms with Gasteiger partial charge in [0, 0.05) is 12.6 Å². The third kappa shape index (κ3) is 5.27. The van der Waals surface area contributed by atoms with E-state index in [1.165, 1.54) is 19.3 Å². The quantitative estimate of drug-likeness (QED) is 0.585. The van der Waals surface area contributed by atoms with Crippen molar-refractivity contribution in [2.24, 2.45) is 5.92 Å².